The molecule has 0 saturated heterocycles. The first-order valence-electron chi connectivity index (χ1n) is 9.94. The number of ether oxygens (including phenoxy) is 1. The molecule has 0 amide bonds. The molecule has 5 aromatic rings. The lowest BCUT2D eigenvalue weighted by Gasteiger charge is -2.06. The lowest BCUT2D eigenvalue weighted by molar-refractivity contribution is 0.104. The molecule has 5 nitrogen and oxygen atoms in total. The fraction of sp³-hybridized carbons (Fsp3) is 0.0800. The highest BCUT2D eigenvalue weighted by Gasteiger charge is 2.20. The number of aromatic nitrogens is 3. The third-order valence-corrected chi connectivity index (χ3v) is 6.53. The van der Waals surface area contributed by atoms with Crippen molar-refractivity contribution in [2.24, 2.45) is 0 Å². The summed E-state index contributed by atoms with van der Waals surface area (Å²) >= 11 is 7.40. The number of hydrogen-bond acceptors (Lipinski definition) is 5. The Kier molecular flexibility index (Phi) is 5.47. The Balaban J connectivity index is 1.56. The van der Waals surface area contributed by atoms with Gasteiger partial charge in [-0.15, -0.1) is 11.3 Å². The second-order valence-electron chi connectivity index (χ2n) is 7.28. The topological polar surface area (TPSA) is 57.0 Å². The summed E-state index contributed by atoms with van der Waals surface area (Å²) < 4.78 is 7.49. The molecular weight excluding hydrogens is 442 g/mol. The number of hydrogen-bond donors (Lipinski definition) is 0. The Hall–Kier alpha value is -3.48. The van der Waals surface area contributed by atoms with Crippen LogP contribution in [0.5, 0.6) is 5.75 Å². The zero-order valence-corrected chi connectivity index (χ0v) is 18.7. The standard InChI is InChI=1S/C25H18ClN3O2S/c1-31-19-8-9-22-20(11-19)21(15-29(22)14-16-4-6-18(26)7-5-16)24(30)23-13-28-25(32-23)17-3-2-10-27-12-17/h2-13,15H,14H2,1H3. The molecule has 158 valence electrons. The number of rotatable bonds is 6. The minimum Gasteiger partial charge on any atom is -0.497 e. The second kappa shape index (κ2) is 8.57. The van der Waals surface area contributed by atoms with Crippen LogP contribution in [0.15, 0.2) is 79.4 Å². The average Bonchev–Trinajstić information content (AvgIpc) is 3.46. The van der Waals surface area contributed by atoms with Gasteiger partial charge in [0.15, 0.2) is 0 Å². The van der Waals surface area contributed by atoms with Gasteiger partial charge >= 0.3 is 0 Å². The van der Waals surface area contributed by atoms with Gasteiger partial charge in [-0.25, -0.2) is 4.98 Å². The number of nitrogens with zero attached hydrogens (tertiary/aromatic N) is 3. The molecule has 5 rings (SSSR count). The molecule has 3 heterocycles. The maximum absolute atomic E-state index is 13.5. The van der Waals surface area contributed by atoms with Gasteiger partial charge < -0.3 is 9.30 Å². The highest BCUT2D eigenvalue weighted by atomic mass is 35.5. The summed E-state index contributed by atoms with van der Waals surface area (Å²) in [5, 5.41) is 2.31. The monoisotopic (exact) mass is 459 g/mol. The number of carbonyl (C=O) groups excluding carboxylic acids is 1. The molecule has 0 fully saturated rings. The van der Waals surface area contributed by atoms with Gasteiger partial charge in [0.2, 0.25) is 5.78 Å². The SMILES string of the molecule is COc1ccc2c(c1)c(C(=O)c1cnc(-c3cccnc3)s1)cn2Cc1ccc(Cl)cc1. The minimum atomic E-state index is -0.0641. The van der Waals surface area contributed by atoms with Gasteiger partial charge in [-0.1, -0.05) is 23.7 Å². The summed E-state index contributed by atoms with van der Waals surface area (Å²) in [7, 11) is 1.62. The third-order valence-electron chi connectivity index (χ3n) is 5.24. The van der Waals surface area contributed by atoms with Gasteiger partial charge in [-0.2, -0.15) is 0 Å². The first kappa shape index (κ1) is 20.4. The molecule has 0 aliphatic rings. The first-order chi connectivity index (χ1) is 15.6. The molecule has 32 heavy (non-hydrogen) atoms. The molecule has 0 radical (unpaired) electrons. The van der Waals surface area contributed by atoms with E-state index in [9.17, 15) is 4.79 Å². The van der Waals surface area contributed by atoms with E-state index in [1.807, 2.05) is 60.8 Å². The average molecular weight is 460 g/mol. The number of thiazole rings is 1. The Morgan fingerprint density at radius 1 is 1.12 bits per heavy atom. The third kappa shape index (κ3) is 3.90. The number of benzene rings is 2. The van der Waals surface area contributed by atoms with Crippen LogP contribution < -0.4 is 4.74 Å². The predicted octanol–water partition coefficient (Wildman–Crippen LogP) is 6.10. The maximum atomic E-state index is 13.5. The van der Waals surface area contributed by atoms with Gasteiger partial charge in [0.05, 0.1) is 12.0 Å². The van der Waals surface area contributed by atoms with Crippen LogP contribution in [-0.4, -0.2) is 27.4 Å². The summed E-state index contributed by atoms with van der Waals surface area (Å²) in [5.41, 5.74) is 3.57. The van der Waals surface area contributed by atoms with E-state index in [0.29, 0.717) is 27.8 Å². The fourth-order valence-corrected chi connectivity index (χ4v) is 4.62. The molecule has 0 aliphatic heterocycles. The van der Waals surface area contributed by atoms with Crippen molar-refractivity contribution < 1.29 is 9.53 Å². The summed E-state index contributed by atoms with van der Waals surface area (Å²) in [5.74, 6) is 0.641. The molecule has 0 unspecified atom stereocenters. The highest BCUT2D eigenvalue weighted by molar-refractivity contribution is 7.17. The second-order valence-corrected chi connectivity index (χ2v) is 8.75. The zero-order chi connectivity index (χ0) is 22.1. The molecule has 0 atom stereocenters. The smallest absolute Gasteiger partial charge is 0.206 e. The Bertz CT molecular complexity index is 1410. The molecule has 2 aromatic carbocycles. The largest absolute Gasteiger partial charge is 0.497 e. The molecule has 0 N–H and O–H groups in total. The molecule has 0 saturated carbocycles. The Morgan fingerprint density at radius 2 is 1.97 bits per heavy atom. The van der Waals surface area contributed by atoms with E-state index < -0.39 is 0 Å². The highest BCUT2D eigenvalue weighted by Crippen LogP contribution is 2.31. The summed E-state index contributed by atoms with van der Waals surface area (Å²) in [6.07, 6.45) is 7.00. The molecule has 3 aromatic heterocycles. The Labute approximate surface area is 193 Å². The number of pyridine rings is 1. The molecule has 0 bridgehead atoms. The molecule has 7 heteroatoms. The van der Waals surface area contributed by atoms with E-state index in [2.05, 4.69) is 14.5 Å². The van der Waals surface area contributed by atoms with Crippen LogP contribution in [0, 0.1) is 0 Å². The van der Waals surface area contributed by atoms with Crippen molar-refractivity contribution in [3.63, 3.8) is 0 Å². The van der Waals surface area contributed by atoms with Gasteiger partial charge in [0.1, 0.15) is 10.8 Å². The van der Waals surface area contributed by atoms with Gasteiger partial charge in [0, 0.05) is 58.4 Å². The van der Waals surface area contributed by atoms with Crippen molar-refractivity contribution in [3.05, 3.63) is 100 Å². The van der Waals surface area contributed by atoms with E-state index in [1.165, 1.54) is 11.3 Å². The zero-order valence-electron chi connectivity index (χ0n) is 17.2. The van der Waals surface area contributed by atoms with Crippen molar-refractivity contribution in [3.8, 4) is 16.3 Å². The van der Waals surface area contributed by atoms with Gasteiger partial charge in [0.25, 0.3) is 0 Å². The van der Waals surface area contributed by atoms with Crippen molar-refractivity contribution in [1.82, 2.24) is 14.5 Å². The van der Waals surface area contributed by atoms with E-state index in [-0.39, 0.29) is 5.78 Å². The van der Waals surface area contributed by atoms with Gasteiger partial charge in [-0.05, 0) is 48.0 Å². The molecule has 0 aliphatic carbocycles. The lowest BCUT2D eigenvalue weighted by atomic mass is 10.1. The van der Waals surface area contributed by atoms with E-state index in [0.717, 1.165) is 27.0 Å². The normalized spacial score (nSPS) is 11.1. The van der Waals surface area contributed by atoms with Gasteiger partial charge in [-0.3, -0.25) is 9.78 Å². The number of fused-ring (bicyclic) bond motifs is 1. The number of methoxy groups -OCH3 is 1. The summed E-state index contributed by atoms with van der Waals surface area (Å²) in [6.45, 7) is 0.622. The van der Waals surface area contributed by atoms with Crippen molar-refractivity contribution in [2.75, 3.05) is 7.11 Å². The van der Waals surface area contributed by atoms with Crippen LogP contribution in [0.3, 0.4) is 0 Å². The quantitative estimate of drug-likeness (QED) is 0.288. The van der Waals surface area contributed by atoms with Crippen LogP contribution in [0.1, 0.15) is 20.8 Å². The molecule has 0 spiro atoms. The fourth-order valence-electron chi connectivity index (χ4n) is 3.64. The maximum Gasteiger partial charge on any atom is 0.206 e. The van der Waals surface area contributed by atoms with Crippen LogP contribution in [0.4, 0.5) is 0 Å². The molecular formula is C25H18ClN3O2S. The van der Waals surface area contributed by atoms with Crippen molar-refractivity contribution in [2.45, 2.75) is 6.54 Å². The number of ketones is 1. The number of halogens is 1. The lowest BCUT2D eigenvalue weighted by Crippen LogP contribution is -1.99. The summed E-state index contributed by atoms with van der Waals surface area (Å²) in [6, 6.07) is 17.3. The Morgan fingerprint density at radius 3 is 2.72 bits per heavy atom. The predicted molar refractivity (Wildman–Crippen MR) is 128 cm³/mol. The van der Waals surface area contributed by atoms with Crippen LogP contribution in [0.25, 0.3) is 21.5 Å². The summed E-state index contributed by atoms with van der Waals surface area (Å²) in [4.78, 5) is 22.7. The van der Waals surface area contributed by atoms with Crippen LogP contribution >= 0.6 is 22.9 Å². The first-order valence-corrected chi connectivity index (χ1v) is 11.1. The van der Waals surface area contributed by atoms with Crippen molar-refractivity contribution in [1.29, 1.82) is 0 Å². The minimum absolute atomic E-state index is 0.0641. The van der Waals surface area contributed by atoms with Crippen LogP contribution in [-0.2, 0) is 6.54 Å². The van der Waals surface area contributed by atoms with E-state index in [4.69, 9.17) is 16.3 Å². The van der Waals surface area contributed by atoms with E-state index >= 15 is 0 Å². The van der Waals surface area contributed by atoms with Crippen LogP contribution in [0.2, 0.25) is 5.02 Å². The van der Waals surface area contributed by atoms with Crippen molar-refractivity contribution >= 4 is 39.6 Å². The number of carbonyl (C=O) groups is 1. The van der Waals surface area contributed by atoms with E-state index in [1.54, 1.807) is 25.7 Å².